The van der Waals surface area contributed by atoms with E-state index in [1.54, 1.807) is 6.07 Å². The maximum absolute atomic E-state index is 8.36. The fourth-order valence-electron chi connectivity index (χ4n) is 0.397. The van der Waals surface area contributed by atoms with Crippen molar-refractivity contribution < 1.29 is 9.90 Å². The third-order valence-electron chi connectivity index (χ3n) is 0.800. The van der Waals surface area contributed by atoms with Gasteiger partial charge in [-0.2, -0.15) is 0 Å². The van der Waals surface area contributed by atoms with E-state index in [0.717, 1.165) is 0 Å². The van der Waals surface area contributed by atoms with E-state index in [1.807, 2.05) is 0 Å². The molecule has 1 rings (SSSR count). The molecule has 1 aromatic rings. The molecule has 0 aromatic carbocycles. The number of pyridine rings is 1. The maximum atomic E-state index is 8.36. The average Bonchev–Trinajstić information content (AvgIpc) is 2.02. The van der Waals surface area contributed by atoms with Crippen LogP contribution in [0.3, 0.4) is 0 Å². The monoisotopic (exact) mass is 227 g/mol. The molecule has 0 amide bonds. The fraction of sp³-hybridized carbons (Fsp3) is 0. The molecule has 0 fully saturated rings. The van der Waals surface area contributed by atoms with E-state index in [1.165, 1.54) is 6.20 Å². The Balaban J connectivity index is 0.000000354. The third-order valence-corrected chi connectivity index (χ3v) is 1.98. The van der Waals surface area contributed by atoms with E-state index in [2.05, 4.69) is 4.98 Å². The molecular formula is C6H4Cl3NO2. The summed E-state index contributed by atoms with van der Waals surface area (Å²) in [4.78, 5) is 12.0. The summed E-state index contributed by atoms with van der Waals surface area (Å²) >= 11 is 16.6. The molecule has 0 saturated carbocycles. The lowest BCUT2D eigenvalue weighted by Gasteiger charge is -1.93. The second-order valence-corrected chi connectivity index (χ2v) is 2.65. The molecule has 0 bridgehead atoms. The number of hydrogen-bond donors (Lipinski definition) is 1. The van der Waals surface area contributed by atoms with Crippen molar-refractivity contribution in [2.45, 2.75) is 0 Å². The number of nitrogens with zero attached hydrogens (tertiary/aromatic N) is 1. The van der Waals surface area contributed by atoms with Crippen molar-refractivity contribution in [2.24, 2.45) is 0 Å². The summed E-state index contributed by atoms with van der Waals surface area (Å²) in [6.45, 7) is -0.250. The van der Waals surface area contributed by atoms with Crippen LogP contribution in [0.5, 0.6) is 0 Å². The van der Waals surface area contributed by atoms with Crippen LogP contribution in [-0.4, -0.2) is 16.6 Å². The summed E-state index contributed by atoms with van der Waals surface area (Å²) < 4.78 is 0. The highest BCUT2D eigenvalue weighted by Gasteiger charge is 2.00. The molecule has 1 heterocycles. The molecule has 66 valence electrons. The first-order chi connectivity index (χ1) is 5.63. The molecule has 0 spiro atoms. The van der Waals surface area contributed by atoms with Gasteiger partial charge in [0.25, 0.3) is 6.47 Å². The van der Waals surface area contributed by atoms with Crippen molar-refractivity contribution in [1.82, 2.24) is 4.98 Å². The number of aromatic nitrogens is 1. The molecule has 6 heteroatoms. The predicted molar refractivity (Wildman–Crippen MR) is 48.0 cm³/mol. The van der Waals surface area contributed by atoms with E-state index in [-0.39, 0.29) is 11.6 Å². The van der Waals surface area contributed by atoms with Crippen molar-refractivity contribution in [2.75, 3.05) is 0 Å². The smallest absolute Gasteiger partial charge is 0.290 e. The van der Waals surface area contributed by atoms with Crippen LogP contribution in [0.2, 0.25) is 15.2 Å². The first-order valence-corrected chi connectivity index (χ1v) is 3.80. The van der Waals surface area contributed by atoms with Gasteiger partial charge >= 0.3 is 0 Å². The van der Waals surface area contributed by atoms with Crippen LogP contribution in [0.25, 0.3) is 0 Å². The molecule has 0 saturated heterocycles. The van der Waals surface area contributed by atoms with E-state index in [9.17, 15) is 0 Å². The normalized spacial score (nSPS) is 8.25. The summed E-state index contributed by atoms with van der Waals surface area (Å²) in [6, 6.07) is 1.58. The van der Waals surface area contributed by atoms with E-state index >= 15 is 0 Å². The van der Waals surface area contributed by atoms with Gasteiger partial charge in [-0.1, -0.05) is 34.8 Å². The van der Waals surface area contributed by atoms with Crippen molar-refractivity contribution in [3.63, 3.8) is 0 Å². The van der Waals surface area contributed by atoms with Crippen LogP contribution < -0.4 is 0 Å². The highest BCUT2D eigenvalue weighted by molar-refractivity contribution is 6.47. The van der Waals surface area contributed by atoms with Gasteiger partial charge in [0.15, 0.2) is 0 Å². The van der Waals surface area contributed by atoms with Gasteiger partial charge in [0.05, 0.1) is 10.0 Å². The summed E-state index contributed by atoms with van der Waals surface area (Å²) in [5.41, 5.74) is 0. The molecule has 0 unspecified atom stereocenters. The quantitative estimate of drug-likeness (QED) is 0.549. The van der Waals surface area contributed by atoms with Crippen LogP contribution >= 0.6 is 34.8 Å². The Bertz CT molecular complexity index is 247. The topological polar surface area (TPSA) is 50.2 Å². The zero-order valence-corrected chi connectivity index (χ0v) is 7.94. The van der Waals surface area contributed by atoms with Gasteiger partial charge in [0.2, 0.25) is 0 Å². The zero-order chi connectivity index (χ0) is 9.56. The van der Waals surface area contributed by atoms with Gasteiger partial charge in [-0.15, -0.1) is 0 Å². The molecule has 0 radical (unpaired) electrons. The first-order valence-electron chi connectivity index (χ1n) is 2.66. The Morgan fingerprint density at radius 3 is 2.25 bits per heavy atom. The standard InChI is InChI=1S/C5H2Cl3N.CH2O2/c6-3-1-2-9-5(8)4(3)7;2-1-3/h1-2H;1H,(H,2,3). The minimum atomic E-state index is -0.250. The van der Waals surface area contributed by atoms with Crippen LogP contribution in [0.4, 0.5) is 0 Å². The molecule has 0 atom stereocenters. The highest BCUT2D eigenvalue weighted by Crippen LogP contribution is 2.26. The molecule has 0 aliphatic carbocycles. The van der Waals surface area contributed by atoms with Gasteiger partial charge < -0.3 is 5.11 Å². The Labute approximate surface area is 83.9 Å². The van der Waals surface area contributed by atoms with Crippen LogP contribution in [0, 0.1) is 0 Å². The summed E-state index contributed by atoms with van der Waals surface area (Å²) in [7, 11) is 0. The minimum absolute atomic E-state index is 0.240. The van der Waals surface area contributed by atoms with Gasteiger partial charge in [0.1, 0.15) is 5.15 Å². The van der Waals surface area contributed by atoms with Gasteiger partial charge in [-0.3, -0.25) is 4.79 Å². The Hall–Kier alpha value is -0.510. The number of halogens is 3. The number of rotatable bonds is 0. The van der Waals surface area contributed by atoms with Gasteiger partial charge in [-0.25, -0.2) is 4.98 Å². The van der Waals surface area contributed by atoms with E-state index < -0.39 is 0 Å². The number of carbonyl (C=O) groups is 1. The lowest BCUT2D eigenvalue weighted by Crippen LogP contribution is -1.74. The molecule has 0 aliphatic heterocycles. The van der Waals surface area contributed by atoms with Gasteiger partial charge in [0, 0.05) is 6.20 Å². The molecule has 3 nitrogen and oxygen atoms in total. The zero-order valence-electron chi connectivity index (χ0n) is 5.67. The summed E-state index contributed by atoms with van der Waals surface area (Å²) in [5.74, 6) is 0. The molecular weight excluding hydrogens is 224 g/mol. The van der Waals surface area contributed by atoms with Crippen molar-refractivity contribution >= 4 is 41.3 Å². The second kappa shape index (κ2) is 6.06. The largest absolute Gasteiger partial charge is 0.483 e. The maximum Gasteiger partial charge on any atom is 0.290 e. The Kier molecular flexibility index (Phi) is 5.80. The fourth-order valence-corrected chi connectivity index (χ4v) is 0.861. The van der Waals surface area contributed by atoms with Gasteiger partial charge in [-0.05, 0) is 6.07 Å². The van der Waals surface area contributed by atoms with Crippen LogP contribution in [0.15, 0.2) is 12.3 Å². The van der Waals surface area contributed by atoms with Crippen molar-refractivity contribution in [1.29, 1.82) is 0 Å². The van der Waals surface area contributed by atoms with E-state index in [0.29, 0.717) is 10.0 Å². The predicted octanol–water partition coefficient (Wildman–Crippen LogP) is 2.74. The minimum Gasteiger partial charge on any atom is -0.483 e. The van der Waals surface area contributed by atoms with Crippen LogP contribution in [0.1, 0.15) is 0 Å². The lowest BCUT2D eigenvalue weighted by atomic mass is 10.5. The Morgan fingerprint density at radius 1 is 1.42 bits per heavy atom. The number of hydrogen-bond acceptors (Lipinski definition) is 2. The molecule has 0 aliphatic rings. The lowest BCUT2D eigenvalue weighted by molar-refractivity contribution is -0.122. The first kappa shape index (κ1) is 11.5. The average molecular weight is 228 g/mol. The summed E-state index contributed by atoms with van der Waals surface area (Å²) in [6.07, 6.45) is 1.50. The number of carboxylic acid groups (broad SMARTS) is 1. The van der Waals surface area contributed by atoms with Crippen LogP contribution in [-0.2, 0) is 4.79 Å². The summed E-state index contributed by atoms with van der Waals surface area (Å²) in [5, 5.41) is 7.86. The third kappa shape index (κ3) is 3.76. The van der Waals surface area contributed by atoms with Crippen molar-refractivity contribution in [3.8, 4) is 0 Å². The SMILES string of the molecule is Clc1ccnc(Cl)c1Cl.O=CO. The van der Waals surface area contributed by atoms with E-state index in [4.69, 9.17) is 44.7 Å². The molecule has 1 N–H and O–H groups in total. The van der Waals surface area contributed by atoms with Crippen molar-refractivity contribution in [3.05, 3.63) is 27.5 Å². The highest BCUT2D eigenvalue weighted by atomic mass is 35.5. The second-order valence-electron chi connectivity index (χ2n) is 1.50. The molecule has 12 heavy (non-hydrogen) atoms. The molecule has 1 aromatic heterocycles. The Morgan fingerprint density at radius 2 is 1.92 bits per heavy atom.